The summed E-state index contributed by atoms with van der Waals surface area (Å²) in [5.74, 6) is 1.86. The molecule has 1 amide bonds. The van der Waals surface area contributed by atoms with Gasteiger partial charge in [-0.3, -0.25) is 9.89 Å². The first-order valence-electron chi connectivity index (χ1n) is 8.20. The van der Waals surface area contributed by atoms with Gasteiger partial charge in [0.25, 0.3) is 5.91 Å². The second kappa shape index (κ2) is 6.24. The van der Waals surface area contributed by atoms with E-state index in [0.717, 1.165) is 30.0 Å². The maximum atomic E-state index is 12.7. The molecule has 7 heteroatoms. The lowest BCUT2D eigenvalue weighted by Gasteiger charge is -2.24. The zero-order valence-corrected chi connectivity index (χ0v) is 13.6. The number of hydrogen-bond donors (Lipinski definition) is 1. The lowest BCUT2D eigenvalue weighted by atomic mass is 10.00. The molecular formula is C17H20N4O3. The number of rotatable bonds is 4. The van der Waals surface area contributed by atoms with Crippen LogP contribution >= 0.6 is 0 Å². The van der Waals surface area contributed by atoms with E-state index in [1.54, 1.807) is 4.90 Å². The molecule has 1 saturated heterocycles. The average Bonchev–Trinajstić information content (AvgIpc) is 3.33. The summed E-state index contributed by atoms with van der Waals surface area (Å²) in [6.45, 7) is 1.89. The Morgan fingerprint density at radius 1 is 1.42 bits per heavy atom. The zero-order valence-electron chi connectivity index (χ0n) is 13.6. The van der Waals surface area contributed by atoms with Crippen LogP contribution in [-0.2, 0) is 11.2 Å². The van der Waals surface area contributed by atoms with Gasteiger partial charge in [0.05, 0.1) is 12.7 Å². The molecule has 3 heterocycles. The van der Waals surface area contributed by atoms with E-state index in [2.05, 4.69) is 15.2 Å². The van der Waals surface area contributed by atoms with Gasteiger partial charge in [-0.25, -0.2) is 4.98 Å². The van der Waals surface area contributed by atoms with Crippen LogP contribution in [0.25, 0.3) is 0 Å². The quantitative estimate of drug-likeness (QED) is 0.917. The topological polar surface area (TPSA) is 80.3 Å². The highest BCUT2D eigenvalue weighted by Crippen LogP contribution is 2.30. The molecule has 0 saturated carbocycles. The molecule has 4 rings (SSSR count). The first-order chi connectivity index (χ1) is 11.7. The first-order valence-corrected chi connectivity index (χ1v) is 8.20. The molecular weight excluding hydrogens is 308 g/mol. The minimum atomic E-state index is -0.0651. The summed E-state index contributed by atoms with van der Waals surface area (Å²) in [5, 5.41) is 6.83. The number of nitrogens with one attached hydrogen (secondary N) is 1. The number of fused-ring (bicyclic) bond motifs is 1. The van der Waals surface area contributed by atoms with Gasteiger partial charge >= 0.3 is 0 Å². The van der Waals surface area contributed by atoms with Crippen LogP contribution in [-0.4, -0.2) is 58.9 Å². The molecule has 1 fully saturated rings. The molecule has 1 aromatic carbocycles. The summed E-state index contributed by atoms with van der Waals surface area (Å²) in [4.78, 5) is 18.7. The largest absolute Gasteiger partial charge is 0.493 e. The Morgan fingerprint density at radius 2 is 2.33 bits per heavy atom. The van der Waals surface area contributed by atoms with Gasteiger partial charge in [-0.2, -0.15) is 5.10 Å². The van der Waals surface area contributed by atoms with Crippen LogP contribution in [0.1, 0.15) is 34.1 Å². The van der Waals surface area contributed by atoms with Crippen LogP contribution in [0, 0.1) is 0 Å². The minimum Gasteiger partial charge on any atom is -0.493 e. The predicted octanol–water partition coefficient (Wildman–Crippen LogP) is 1.38. The van der Waals surface area contributed by atoms with Gasteiger partial charge < -0.3 is 14.4 Å². The molecule has 126 valence electrons. The van der Waals surface area contributed by atoms with E-state index in [9.17, 15) is 4.79 Å². The standard InChI is InChI=1S/C17H20N4O3/c1-21(9-15-13(5-7-24-15)16-18-10-19-20-16)17(22)12-2-3-14-11(8-12)4-6-23-14/h2-3,8,10,13,15H,4-7,9H2,1H3,(H,18,19,20)/t13-,15-/m1/s1. The zero-order chi connectivity index (χ0) is 16.5. The molecule has 2 aliphatic rings. The van der Waals surface area contributed by atoms with Gasteiger partial charge in [-0.15, -0.1) is 0 Å². The van der Waals surface area contributed by atoms with Crippen molar-refractivity contribution in [1.82, 2.24) is 20.1 Å². The molecule has 1 N–H and O–H groups in total. The van der Waals surface area contributed by atoms with Gasteiger partial charge in [0.1, 0.15) is 17.9 Å². The highest BCUT2D eigenvalue weighted by atomic mass is 16.5. The Labute approximate surface area is 140 Å². The number of aromatic amines is 1. The third kappa shape index (κ3) is 2.75. The number of hydrogen-bond acceptors (Lipinski definition) is 5. The fraction of sp³-hybridized carbons (Fsp3) is 0.471. The molecule has 0 unspecified atom stereocenters. The molecule has 2 aromatic rings. The molecule has 7 nitrogen and oxygen atoms in total. The van der Waals surface area contributed by atoms with Crippen molar-refractivity contribution >= 4 is 5.91 Å². The van der Waals surface area contributed by atoms with Crippen molar-refractivity contribution in [2.75, 3.05) is 26.8 Å². The fourth-order valence-corrected chi connectivity index (χ4v) is 3.43. The summed E-state index contributed by atoms with van der Waals surface area (Å²) in [6, 6.07) is 5.64. The van der Waals surface area contributed by atoms with Crippen LogP contribution in [0.4, 0.5) is 0 Å². The van der Waals surface area contributed by atoms with E-state index in [0.29, 0.717) is 25.3 Å². The van der Waals surface area contributed by atoms with Crippen LogP contribution in [0.2, 0.25) is 0 Å². The minimum absolute atomic E-state index is 0.00322. The van der Waals surface area contributed by atoms with Crippen molar-refractivity contribution in [3.63, 3.8) is 0 Å². The van der Waals surface area contributed by atoms with Crippen molar-refractivity contribution in [2.24, 2.45) is 0 Å². The summed E-state index contributed by atoms with van der Waals surface area (Å²) in [6.07, 6.45) is 3.19. The number of carbonyl (C=O) groups excluding carboxylic acids is 1. The van der Waals surface area contributed by atoms with Crippen LogP contribution < -0.4 is 4.74 Å². The molecule has 1 aromatic heterocycles. The lowest BCUT2D eigenvalue weighted by Crippen LogP contribution is -2.36. The lowest BCUT2D eigenvalue weighted by molar-refractivity contribution is 0.0550. The Bertz CT molecular complexity index is 731. The molecule has 0 aliphatic carbocycles. The van der Waals surface area contributed by atoms with E-state index < -0.39 is 0 Å². The van der Waals surface area contributed by atoms with Crippen LogP contribution in [0.5, 0.6) is 5.75 Å². The Kier molecular flexibility index (Phi) is 3.93. The third-order valence-electron chi connectivity index (χ3n) is 4.73. The van der Waals surface area contributed by atoms with E-state index in [1.165, 1.54) is 6.33 Å². The molecule has 0 radical (unpaired) electrons. The highest BCUT2D eigenvalue weighted by molar-refractivity contribution is 5.94. The van der Waals surface area contributed by atoms with Crippen molar-refractivity contribution in [3.8, 4) is 5.75 Å². The van der Waals surface area contributed by atoms with Gasteiger partial charge in [-0.1, -0.05) is 0 Å². The highest BCUT2D eigenvalue weighted by Gasteiger charge is 2.33. The summed E-state index contributed by atoms with van der Waals surface area (Å²) >= 11 is 0. The SMILES string of the molecule is CN(C[C@H]1OCC[C@H]1c1ncn[nH]1)C(=O)c1ccc2c(c1)CCO2. The molecule has 0 bridgehead atoms. The number of H-pyrrole nitrogens is 1. The smallest absolute Gasteiger partial charge is 0.253 e. The van der Waals surface area contributed by atoms with Crippen molar-refractivity contribution in [3.05, 3.63) is 41.5 Å². The molecule has 24 heavy (non-hydrogen) atoms. The summed E-state index contributed by atoms with van der Waals surface area (Å²) < 4.78 is 11.3. The number of aromatic nitrogens is 3. The normalized spacial score (nSPS) is 22.2. The summed E-state index contributed by atoms with van der Waals surface area (Å²) in [7, 11) is 1.81. The van der Waals surface area contributed by atoms with Gasteiger partial charge in [0, 0.05) is 38.1 Å². The number of ether oxygens (including phenoxy) is 2. The van der Waals surface area contributed by atoms with Crippen molar-refractivity contribution in [1.29, 1.82) is 0 Å². The Balaban J connectivity index is 1.45. The maximum Gasteiger partial charge on any atom is 0.253 e. The maximum absolute atomic E-state index is 12.7. The van der Waals surface area contributed by atoms with E-state index >= 15 is 0 Å². The van der Waals surface area contributed by atoms with Crippen LogP contribution in [0.3, 0.4) is 0 Å². The van der Waals surface area contributed by atoms with Crippen LogP contribution in [0.15, 0.2) is 24.5 Å². The first kappa shape index (κ1) is 15.1. The third-order valence-corrected chi connectivity index (χ3v) is 4.73. The Hall–Kier alpha value is -2.41. The van der Waals surface area contributed by atoms with E-state index in [-0.39, 0.29) is 17.9 Å². The van der Waals surface area contributed by atoms with E-state index in [1.807, 2.05) is 25.2 Å². The van der Waals surface area contributed by atoms with Crippen molar-refractivity contribution < 1.29 is 14.3 Å². The monoisotopic (exact) mass is 328 g/mol. The molecule has 2 aliphatic heterocycles. The number of likely N-dealkylation sites (N-methyl/N-ethyl adjacent to an activating group) is 1. The van der Waals surface area contributed by atoms with Gasteiger partial charge in [-0.05, 0) is 30.2 Å². The summed E-state index contributed by atoms with van der Waals surface area (Å²) in [5.41, 5.74) is 1.79. The van der Waals surface area contributed by atoms with E-state index in [4.69, 9.17) is 9.47 Å². The predicted molar refractivity (Wildman–Crippen MR) is 86.1 cm³/mol. The Morgan fingerprint density at radius 3 is 3.17 bits per heavy atom. The average molecular weight is 328 g/mol. The molecule has 2 atom stereocenters. The number of benzene rings is 1. The number of nitrogens with zero attached hydrogens (tertiary/aromatic N) is 3. The molecule has 0 spiro atoms. The fourth-order valence-electron chi connectivity index (χ4n) is 3.43. The second-order valence-corrected chi connectivity index (χ2v) is 6.28. The van der Waals surface area contributed by atoms with Gasteiger partial charge in [0.2, 0.25) is 0 Å². The number of amides is 1. The number of carbonyl (C=O) groups is 1. The van der Waals surface area contributed by atoms with Gasteiger partial charge in [0.15, 0.2) is 0 Å². The second-order valence-electron chi connectivity index (χ2n) is 6.28. The van der Waals surface area contributed by atoms with Crippen molar-refractivity contribution in [2.45, 2.75) is 24.9 Å².